The molecule has 0 bridgehead atoms. The molecule has 2 aromatic carbocycles. The zero-order chi connectivity index (χ0) is 23.0. The van der Waals surface area contributed by atoms with Crippen LogP contribution in [0.4, 0.5) is 5.69 Å². The Labute approximate surface area is 196 Å². The number of carbonyl (C=O) groups excluding carboxylic acids is 1. The summed E-state index contributed by atoms with van der Waals surface area (Å²) in [6, 6.07) is 15.1. The molecule has 0 spiro atoms. The van der Waals surface area contributed by atoms with E-state index < -0.39 is 10.0 Å². The fourth-order valence-corrected chi connectivity index (χ4v) is 5.07. The van der Waals surface area contributed by atoms with Crippen LogP contribution in [0.3, 0.4) is 0 Å². The lowest BCUT2D eigenvalue weighted by Crippen LogP contribution is -2.32. The van der Waals surface area contributed by atoms with E-state index >= 15 is 0 Å². The molecule has 1 heterocycles. The van der Waals surface area contributed by atoms with Crippen LogP contribution in [0.5, 0.6) is 0 Å². The average molecular weight is 478 g/mol. The van der Waals surface area contributed by atoms with E-state index in [0.717, 1.165) is 18.4 Å². The molecule has 32 heavy (non-hydrogen) atoms. The molecule has 0 aliphatic carbocycles. The monoisotopic (exact) mass is 477 g/mol. The molecule has 174 valence electrons. The SMILES string of the molecule is CS(=O)(=O)N(CCCC(=O)NCc1ccc(CN2CCCCC2)cc1)c1cccc(Cl)c1. The van der Waals surface area contributed by atoms with Crippen molar-refractivity contribution >= 4 is 33.2 Å². The van der Waals surface area contributed by atoms with Crippen molar-refractivity contribution in [1.29, 1.82) is 0 Å². The van der Waals surface area contributed by atoms with Crippen molar-refractivity contribution in [3.63, 3.8) is 0 Å². The summed E-state index contributed by atoms with van der Waals surface area (Å²) in [4.78, 5) is 14.8. The molecular weight excluding hydrogens is 446 g/mol. The van der Waals surface area contributed by atoms with E-state index in [1.807, 2.05) is 0 Å². The maximum absolute atomic E-state index is 12.3. The number of hydrogen-bond acceptors (Lipinski definition) is 4. The predicted molar refractivity (Wildman–Crippen MR) is 130 cm³/mol. The Kier molecular flexibility index (Phi) is 8.96. The van der Waals surface area contributed by atoms with Gasteiger partial charge in [0.2, 0.25) is 15.9 Å². The summed E-state index contributed by atoms with van der Waals surface area (Å²) in [5.41, 5.74) is 2.85. The van der Waals surface area contributed by atoms with Crippen molar-refractivity contribution in [2.24, 2.45) is 0 Å². The predicted octanol–water partition coefficient (Wildman–Crippen LogP) is 4.19. The van der Waals surface area contributed by atoms with Crippen LogP contribution in [0.1, 0.15) is 43.2 Å². The minimum Gasteiger partial charge on any atom is -0.352 e. The Balaban J connectivity index is 1.43. The number of hydrogen-bond donors (Lipinski definition) is 1. The van der Waals surface area contributed by atoms with Crippen molar-refractivity contribution in [3.8, 4) is 0 Å². The quantitative estimate of drug-likeness (QED) is 0.557. The first-order valence-electron chi connectivity index (χ1n) is 11.1. The van der Waals surface area contributed by atoms with Gasteiger partial charge in [-0.2, -0.15) is 0 Å². The summed E-state index contributed by atoms with van der Waals surface area (Å²) in [6.07, 6.45) is 5.72. The van der Waals surface area contributed by atoms with E-state index in [-0.39, 0.29) is 18.9 Å². The second-order valence-corrected chi connectivity index (χ2v) is 10.7. The van der Waals surface area contributed by atoms with Gasteiger partial charge in [0.1, 0.15) is 0 Å². The number of carbonyl (C=O) groups is 1. The number of anilines is 1. The van der Waals surface area contributed by atoms with Crippen LogP contribution in [0.25, 0.3) is 0 Å². The van der Waals surface area contributed by atoms with Crippen molar-refractivity contribution in [2.45, 2.75) is 45.2 Å². The Morgan fingerprint density at radius 3 is 2.41 bits per heavy atom. The molecule has 2 aromatic rings. The number of rotatable bonds is 10. The van der Waals surface area contributed by atoms with Gasteiger partial charge in [-0.05, 0) is 61.7 Å². The first kappa shape index (κ1) is 24.6. The van der Waals surface area contributed by atoms with Crippen molar-refractivity contribution in [3.05, 3.63) is 64.7 Å². The molecule has 8 heteroatoms. The summed E-state index contributed by atoms with van der Waals surface area (Å²) < 4.78 is 25.6. The van der Waals surface area contributed by atoms with Gasteiger partial charge in [0.05, 0.1) is 11.9 Å². The molecule has 1 aliphatic heterocycles. The van der Waals surface area contributed by atoms with Crippen LogP contribution in [0.15, 0.2) is 48.5 Å². The lowest BCUT2D eigenvalue weighted by molar-refractivity contribution is -0.121. The van der Waals surface area contributed by atoms with Crippen LogP contribution in [0.2, 0.25) is 5.02 Å². The zero-order valence-electron chi connectivity index (χ0n) is 18.6. The summed E-state index contributed by atoms with van der Waals surface area (Å²) in [6.45, 7) is 4.01. The number of piperidine rings is 1. The number of sulfonamides is 1. The van der Waals surface area contributed by atoms with E-state index in [1.54, 1.807) is 24.3 Å². The molecule has 0 unspecified atom stereocenters. The normalized spacial score (nSPS) is 14.8. The maximum atomic E-state index is 12.3. The van der Waals surface area contributed by atoms with Crippen molar-refractivity contribution in [2.75, 3.05) is 30.2 Å². The van der Waals surface area contributed by atoms with Crippen LogP contribution in [-0.4, -0.2) is 45.1 Å². The molecule has 1 saturated heterocycles. The molecule has 0 radical (unpaired) electrons. The van der Waals surface area contributed by atoms with E-state index in [1.165, 1.54) is 42.2 Å². The Morgan fingerprint density at radius 2 is 1.75 bits per heavy atom. The van der Waals surface area contributed by atoms with Crippen molar-refractivity contribution in [1.82, 2.24) is 10.2 Å². The van der Waals surface area contributed by atoms with Crippen LogP contribution in [0, 0.1) is 0 Å². The highest BCUT2D eigenvalue weighted by Gasteiger charge is 2.18. The molecule has 1 aliphatic rings. The van der Waals surface area contributed by atoms with Gasteiger partial charge in [0.25, 0.3) is 0 Å². The number of halogens is 1. The molecule has 1 amide bonds. The second kappa shape index (κ2) is 11.7. The van der Waals surface area contributed by atoms with Crippen LogP contribution in [-0.2, 0) is 27.9 Å². The standard InChI is InChI=1S/C24H32ClN3O3S/c1-32(30,31)28(23-8-5-7-22(25)17-23)16-6-9-24(29)26-18-20-10-12-21(13-11-20)19-27-14-3-2-4-15-27/h5,7-8,10-13,17H,2-4,6,9,14-16,18-19H2,1H3,(H,26,29). The van der Waals surface area contributed by atoms with E-state index in [2.05, 4.69) is 34.5 Å². The number of amides is 1. The third-order valence-corrected chi connectivity index (χ3v) is 7.06. The Bertz CT molecular complexity index is 990. The van der Waals surface area contributed by atoms with Gasteiger partial charge < -0.3 is 5.32 Å². The van der Waals surface area contributed by atoms with Gasteiger partial charge in [0, 0.05) is 31.1 Å². The Hall–Kier alpha value is -2.09. The molecule has 0 aromatic heterocycles. The molecule has 1 N–H and O–H groups in total. The number of benzene rings is 2. The summed E-state index contributed by atoms with van der Waals surface area (Å²) in [5, 5.41) is 3.39. The zero-order valence-corrected chi connectivity index (χ0v) is 20.2. The third-order valence-electron chi connectivity index (χ3n) is 5.63. The second-order valence-electron chi connectivity index (χ2n) is 8.35. The first-order chi connectivity index (χ1) is 15.3. The summed E-state index contributed by atoms with van der Waals surface area (Å²) in [7, 11) is -3.46. The summed E-state index contributed by atoms with van der Waals surface area (Å²) >= 11 is 5.99. The Morgan fingerprint density at radius 1 is 1.06 bits per heavy atom. The fourth-order valence-electron chi connectivity index (χ4n) is 3.93. The van der Waals surface area contributed by atoms with E-state index in [0.29, 0.717) is 23.7 Å². The highest BCUT2D eigenvalue weighted by molar-refractivity contribution is 7.92. The number of likely N-dealkylation sites (tertiary alicyclic amines) is 1. The number of nitrogens with zero attached hydrogens (tertiary/aromatic N) is 2. The molecule has 0 atom stereocenters. The molecular formula is C24H32ClN3O3S. The van der Waals surface area contributed by atoms with E-state index in [9.17, 15) is 13.2 Å². The van der Waals surface area contributed by atoms with Gasteiger partial charge in [-0.25, -0.2) is 8.42 Å². The van der Waals surface area contributed by atoms with E-state index in [4.69, 9.17) is 11.6 Å². The minimum atomic E-state index is -3.46. The average Bonchev–Trinajstić information content (AvgIpc) is 2.76. The first-order valence-corrected chi connectivity index (χ1v) is 13.3. The molecule has 0 saturated carbocycles. The van der Waals surface area contributed by atoms with Crippen LogP contribution < -0.4 is 9.62 Å². The van der Waals surface area contributed by atoms with Gasteiger partial charge in [-0.3, -0.25) is 14.0 Å². The van der Waals surface area contributed by atoms with Gasteiger partial charge in [0.15, 0.2) is 0 Å². The lowest BCUT2D eigenvalue weighted by Gasteiger charge is -2.26. The van der Waals surface area contributed by atoms with Gasteiger partial charge in [-0.1, -0.05) is 48.4 Å². The molecule has 6 nitrogen and oxygen atoms in total. The lowest BCUT2D eigenvalue weighted by atomic mass is 10.1. The largest absolute Gasteiger partial charge is 0.352 e. The minimum absolute atomic E-state index is 0.0954. The fraction of sp³-hybridized carbons (Fsp3) is 0.458. The van der Waals surface area contributed by atoms with Crippen molar-refractivity contribution < 1.29 is 13.2 Å². The number of nitrogens with one attached hydrogen (secondary N) is 1. The molecule has 1 fully saturated rings. The van der Waals surface area contributed by atoms with Gasteiger partial charge in [-0.15, -0.1) is 0 Å². The van der Waals surface area contributed by atoms with Crippen LogP contribution >= 0.6 is 11.6 Å². The molecule has 3 rings (SSSR count). The highest BCUT2D eigenvalue weighted by Crippen LogP contribution is 2.22. The summed E-state index contributed by atoms with van der Waals surface area (Å²) in [5.74, 6) is -0.0954. The topological polar surface area (TPSA) is 69.7 Å². The maximum Gasteiger partial charge on any atom is 0.232 e. The highest BCUT2D eigenvalue weighted by atomic mass is 35.5. The smallest absolute Gasteiger partial charge is 0.232 e. The third kappa shape index (κ3) is 7.80. The van der Waals surface area contributed by atoms with Gasteiger partial charge >= 0.3 is 0 Å².